The van der Waals surface area contributed by atoms with E-state index in [4.69, 9.17) is 0 Å². The second kappa shape index (κ2) is 6.89. The van der Waals surface area contributed by atoms with Crippen LogP contribution in [0.1, 0.15) is 62.5 Å². The molecular weight excluding hydrogens is 348 g/mol. The molecule has 1 heterocycles. The molecule has 4 saturated carbocycles. The van der Waals surface area contributed by atoms with Crippen molar-refractivity contribution in [2.75, 3.05) is 6.54 Å². The summed E-state index contributed by atoms with van der Waals surface area (Å²) in [4.78, 5) is 28.5. The molecule has 0 aromatic heterocycles. The second-order valence-electron chi connectivity index (χ2n) is 10.1. The summed E-state index contributed by atoms with van der Waals surface area (Å²) in [5.41, 5.74) is 2.18. The molecule has 5 fully saturated rings. The van der Waals surface area contributed by atoms with Crippen LogP contribution in [0.15, 0.2) is 24.3 Å². The number of nitrogens with zero attached hydrogens (tertiary/aromatic N) is 1. The van der Waals surface area contributed by atoms with Crippen LogP contribution in [0, 0.1) is 30.1 Å². The molecule has 4 bridgehead atoms. The number of carbonyl (C=O) groups is 2. The Kier molecular flexibility index (Phi) is 4.48. The number of hydrogen-bond acceptors (Lipinski definition) is 2. The molecule has 2 amide bonds. The highest BCUT2D eigenvalue weighted by atomic mass is 16.2. The van der Waals surface area contributed by atoms with Crippen molar-refractivity contribution in [2.24, 2.45) is 23.2 Å². The number of amides is 2. The van der Waals surface area contributed by atoms with E-state index >= 15 is 0 Å². The van der Waals surface area contributed by atoms with Gasteiger partial charge in [0, 0.05) is 13.1 Å². The third-order valence-corrected chi connectivity index (χ3v) is 7.90. The zero-order valence-corrected chi connectivity index (χ0v) is 17.0. The lowest BCUT2D eigenvalue weighted by molar-refractivity contribution is -0.160. The van der Waals surface area contributed by atoms with Gasteiger partial charge in [0.05, 0.1) is 5.41 Å². The van der Waals surface area contributed by atoms with Gasteiger partial charge < -0.3 is 10.2 Å². The van der Waals surface area contributed by atoms with Crippen molar-refractivity contribution in [3.8, 4) is 0 Å². The molecule has 0 unspecified atom stereocenters. The average Bonchev–Trinajstić information content (AvgIpc) is 3.15. The van der Waals surface area contributed by atoms with Crippen LogP contribution in [0.5, 0.6) is 0 Å². The number of carbonyl (C=O) groups excluding carboxylic acids is 2. The summed E-state index contributed by atoms with van der Waals surface area (Å²) in [6, 6.07) is 7.98. The van der Waals surface area contributed by atoms with Crippen LogP contribution in [0.4, 0.5) is 0 Å². The molecule has 1 aromatic carbocycles. The minimum Gasteiger partial charge on any atom is -0.350 e. The van der Waals surface area contributed by atoms with Crippen LogP contribution in [0.3, 0.4) is 0 Å². The van der Waals surface area contributed by atoms with Crippen molar-refractivity contribution in [3.05, 3.63) is 35.4 Å². The zero-order chi connectivity index (χ0) is 19.3. The molecule has 1 N–H and O–H groups in total. The quantitative estimate of drug-likeness (QED) is 0.863. The van der Waals surface area contributed by atoms with E-state index in [1.165, 1.54) is 24.8 Å². The monoisotopic (exact) mass is 380 g/mol. The fourth-order valence-corrected chi connectivity index (χ4v) is 6.97. The predicted octanol–water partition coefficient (Wildman–Crippen LogP) is 3.82. The van der Waals surface area contributed by atoms with Crippen LogP contribution < -0.4 is 5.32 Å². The van der Waals surface area contributed by atoms with Crippen LogP contribution in [0.25, 0.3) is 0 Å². The number of benzene rings is 1. The average molecular weight is 381 g/mol. The minimum atomic E-state index is -0.272. The molecule has 4 aliphatic carbocycles. The molecule has 0 spiro atoms. The molecule has 1 aliphatic heterocycles. The summed E-state index contributed by atoms with van der Waals surface area (Å²) >= 11 is 0. The zero-order valence-electron chi connectivity index (χ0n) is 17.0. The molecule has 0 radical (unpaired) electrons. The standard InChI is InChI=1S/C24H32N2O2/c1-16-4-6-17(7-5-16)15-25-22(27)21-3-2-8-26(21)23(28)24-12-18-9-19(13-24)11-20(10-18)14-24/h4-7,18-21H,2-3,8-15H2,1H3,(H,25,27)/t18?,19?,20?,21-,24?/m0/s1. The highest BCUT2D eigenvalue weighted by Crippen LogP contribution is 2.60. The fraction of sp³-hybridized carbons (Fsp3) is 0.667. The predicted molar refractivity (Wildman–Crippen MR) is 108 cm³/mol. The first-order chi connectivity index (χ1) is 13.5. The molecule has 150 valence electrons. The van der Waals surface area contributed by atoms with Crippen molar-refractivity contribution in [3.63, 3.8) is 0 Å². The van der Waals surface area contributed by atoms with E-state index in [0.29, 0.717) is 12.5 Å². The first kappa shape index (κ1) is 18.2. The molecule has 1 atom stereocenters. The van der Waals surface area contributed by atoms with Gasteiger partial charge in [-0.1, -0.05) is 29.8 Å². The van der Waals surface area contributed by atoms with Crippen molar-refractivity contribution in [2.45, 2.75) is 70.9 Å². The Morgan fingerprint density at radius 2 is 1.64 bits per heavy atom. The van der Waals surface area contributed by atoms with Gasteiger partial charge in [-0.15, -0.1) is 0 Å². The third kappa shape index (κ3) is 3.15. The number of nitrogens with one attached hydrogen (secondary N) is 1. The van der Waals surface area contributed by atoms with Gasteiger partial charge in [0.25, 0.3) is 0 Å². The van der Waals surface area contributed by atoms with E-state index in [9.17, 15) is 9.59 Å². The Balaban J connectivity index is 1.26. The lowest BCUT2D eigenvalue weighted by Crippen LogP contribution is -2.57. The van der Waals surface area contributed by atoms with Crippen molar-refractivity contribution in [1.82, 2.24) is 10.2 Å². The Labute approximate surface area is 168 Å². The summed E-state index contributed by atoms with van der Waals surface area (Å²) < 4.78 is 0. The van der Waals surface area contributed by atoms with E-state index < -0.39 is 0 Å². The van der Waals surface area contributed by atoms with Gasteiger partial charge in [0.15, 0.2) is 0 Å². The van der Waals surface area contributed by atoms with Gasteiger partial charge in [-0.05, 0) is 81.6 Å². The largest absolute Gasteiger partial charge is 0.350 e. The van der Waals surface area contributed by atoms with Crippen LogP contribution in [0.2, 0.25) is 0 Å². The van der Waals surface area contributed by atoms with E-state index in [1.54, 1.807) is 0 Å². The topological polar surface area (TPSA) is 49.4 Å². The van der Waals surface area contributed by atoms with Gasteiger partial charge in [-0.3, -0.25) is 9.59 Å². The highest BCUT2D eigenvalue weighted by molar-refractivity contribution is 5.91. The minimum absolute atomic E-state index is 0.0242. The number of rotatable bonds is 4. The molecular formula is C24H32N2O2. The normalized spacial score (nSPS) is 36.0. The third-order valence-electron chi connectivity index (χ3n) is 7.90. The summed E-state index contributed by atoms with van der Waals surface area (Å²) in [6.07, 6.45) is 9.00. The SMILES string of the molecule is Cc1ccc(CNC(=O)[C@@H]2CCCN2C(=O)C23CC4CC(CC(C4)C2)C3)cc1. The van der Waals surface area contributed by atoms with Crippen LogP contribution >= 0.6 is 0 Å². The summed E-state index contributed by atoms with van der Waals surface area (Å²) in [6.45, 7) is 3.35. The Morgan fingerprint density at radius 1 is 1.04 bits per heavy atom. The summed E-state index contributed by atoms with van der Waals surface area (Å²) in [5, 5.41) is 3.09. The smallest absolute Gasteiger partial charge is 0.243 e. The molecule has 1 aromatic rings. The Bertz CT molecular complexity index is 734. The lowest BCUT2D eigenvalue weighted by Gasteiger charge is -2.56. The maximum atomic E-state index is 13.7. The van der Waals surface area contributed by atoms with Crippen LogP contribution in [-0.4, -0.2) is 29.3 Å². The van der Waals surface area contributed by atoms with Gasteiger partial charge in [-0.25, -0.2) is 0 Å². The van der Waals surface area contributed by atoms with E-state index in [-0.39, 0.29) is 17.4 Å². The van der Waals surface area contributed by atoms with Gasteiger partial charge in [0.1, 0.15) is 6.04 Å². The Hall–Kier alpha value is -1.84. The number of hydrogen-bond donors (Lipinski definition) is 1. The molecule has 4 heteroatoms. The first-order valence-electron chi connectivity index (χ1n) is 11.2. The van der Waals surface area contributed by atoms with E-state index in [2.05, 4.69) is 36.5 Å². The number of aryl methyl sites for hydroxylation is 1. The van der Waals surface area contributed by atoms with Crippen molar-refractivity contribution >= 4 is 11.8 Å². The van der Waals surface area contributed by atoms with Gasteiger partial charge in [-0.2, -0.15) is 0 Å². The fourth-order valence-electron chi connectivity index (χ4n) is 6.97. The first-order valence-corrected chi connectivity index (χ1v) is 11.2. The van der Waals surface area contributed by atoms with E-state index in [1.807, 2.05) is 4.90 Å². The van der Waals surface area contributed by atoms with Crippen molar-refractivity contribution < 1.29 is 9.59 Å². The maximum Gasteiger partial charge on any atom is 0.243 e. The van der Waals surface area contributed by atoms with Crippen LogP contribution in [-0.2, 0) is 16.1 Å². The highest BCUT2D eigenvalue weighted by Gasteiger charge is 2.56. The van der Waals surface area contributed by atoms with Gasteiger partial charge >= 0.3 is 0 Å². The molecule has 6 rings (SSSR count). The van der Waals surface area contributed by atoms with Crippen molar-refractivity contribution in [1.29, 1.82) is 0 Å². The molecule has 5 aliphatic rings. The lowest BCUT2D eigenvalue weighted by atomic mass is 9.49. The molecule has 28 heavy (non-hydrogen) atoms. The Morgan fingerprint density at radius 3 is 2.25 bits per heavy atom. The molecule has 4 nitrogen and oxygen atoms in total. The second-order valence-corrected chi connectivity index (χ2v) is 10.1. The maximum absolute atomic E-state index is 13.7. The summed E-state index contributed by atoms with van der Waals surface area (Å²) in [7, 11) is 0. The summed E-state index contributed by atoms with van der Waals surface area (Å²) in [5.74, 6) is 2.60. The van der Waals surface area contributed by atoms with Gasteiger partial charge in [0.2, 0.25) is 11.8 Å². The number of likely N-dealkylation sites (tertiary alicyclic amines) is 1. The van der Waals surface area contributed by atoms with E-state index in [0.717, 1.165) is 62.0 Å². The molecule has 1 saturated heterocycles.